The van der Waals surface area contributed by atoms with Crippen LogP contribution in [0, 0.1) is 6.92 Å². The molecular weight excluding hydrogens is 427 g/mol. The topological polar surface area (TPSA) is 86.5 Å². The van der Waals surface area contributed by atoms with Crippen LogP contribution in [0.5, 0.6) is 5.75 Å². The van der Waals surface area contributed by atoms with Gasteiger partial charge < -0.3 is 19.2 Å². The molecule has 0 aliphatic carbocycles. The van der Waals surface area contributed by atoms with Gasteiger partial charge in [0.15, 0.2) is 0 Å². The molecule has 0 atom stereocenters. The molecule has 170 valence electrons. The van der Waals surface area contributed by atoms with E-state index in [1.165, 1.54) is 13.2 Å². The van der Waals surface area contributed by atoms with Gasteiger partial charge >= 0.3 is 6.18 Å². The summed E-state index contributed by atoms with van der Waals surface area (Å²) in [6.07, 6.45) is -4.49. The minimum atomic E-state index is -4.55. The summed E-state index contributed by atoms with van der Waals surface area (Å²) in [6.45, 7) is 2.32. The Kier molecular flexibility index (Phi) is 7.47. The van der Waals surface area contributed by atoms with Gasteiger partial charge in [0.25, 0.3) is 0 Å². The molecule has 0 aliphatic rings. The van der Waals surface area contributed by atoms with E-state index in [-0.39, 0.29) is 43.4 Å². The van der Waals surface area contributed by atoms with Gasteiger partial charge in [0, 0.05) is 25.5 Å². The first-order valence-electron chi connectivity index (χ1n) is 9.78. The highest BCUT2D eigenvalue weighted by Crippen LogP contribution is 2.35. The van der Waals surface area contributed by atoms with Crippen LogP contribution in [-0.4, -0.2) is 36.4 Å². The molecule has 1 heterocycles. The number of alkyl halides is 3. The van der Waals surface area contributed by atoms with Crippen molar-refractivity contribution in [3.05, 3.63) is 59.5 Å². The summed E-state index contributed by atoms with van der Waals surface area (Å²) in [7, 11) is 1.47. The summed E-state index contributed by atoms with van der Waals surface area (Å²) in [4.78, 5) is 12.4. The van der Waals surface area contributed by atoms with Crippen molar-refractivity contribution in [2.75, 3.05) is 25.6 Å². The fourth-order valence-corrected chi connectivity index (χ4v) is 2.77. The second-order valence-electron chi connectivity index (χ2n) is 6.97. The molecule has 0 unspecified atom stereocenters. The standard InChI is InChI=1S/C22H22F3N3O4/c1-14-3-5-15(6-4-14)21-28-27-20(32-21)10-9-19(29)26-17-13-16(22(23,24)25)7-8-18(17)31-12-11-30-2/h3-8,13H,9-12H2,1-2H3,(H,26,29). The maximum Gasteiger partial charge on any atom is 0.416 e. The van der Waals surface area contributed by atoms with Crippen molar-refractivity contribution in [3.8, 4) is 17.2 Å². The van der Waals surface area contributed by atoms with Crippen LogP contribution in [0.25, 0.3) is 11.5 Å². The Morgan fingerprint density at radius 3 is 2.53 bits per heavy atom. The summed E-state index contributed by atoms with van der Waals surface area (Å²) in [6, 6.07) is 10.4. The number of amides is 1. The lowest BCUT2D eigenvalue weighted by Crippen LogP contribution is -2.15. The second kappa shape index (κ2) is 10.3. The molecule has 2 aromatic carbocycles. The Morgan fingerprint density at radius 1 is 1.09 bits per heavy atom. The van der Waals surface area contributed by atoms with Gasteiger partial charge in [0.2, 0.25) is 17.7 Å². The molecule has 0 radical (unpaired) electrons. The number of hydrogen-bond donors (Lipinski definition) is 1. The van der Waals surface area contributed by atoms with E-state index in [1.807, 2.05) is 31.2 Å². The smallest absolute Gasteiger partial charge is 0.416 e. The van der Waals surface area contributed by atoms with Crippen LogP contribution in [0.15, 0.2) is 46.9 Å². The number of carbonyl (C=O) groups excluding carboxylic acids is 1. The van der Waals surface area contributed by atoms with Crippen LogP contribution in [0.4, 0.5) is 18.9 Å². The Bertz CT molecular complexity index is 1050. The van der Waals surface area contributed by atoms with Crippen molar-refractivity contribution in [2.24, 2.45) is 0 Å². The molecule has 3 aromatic rings. The summed E-state index contributed by atoms with van der Waals surface area (Å²) in [5.41, 5.74) is 0.865. The number of carbonyl (C=O) groups is 1. The molecule has 0 saturated carbocycles. The van der Waals surface area contributed by atoms with Crippen molar-refractivity contribution in [1.29, 1.82) is 0 Å². The Morgan fingerprint density at radius 2 is 1.84 bits per heavy atom. The van der Waals surface area contributed by atoms with Crippen molar-refractivity contribution in [1.82, 2.24) is 10.2 Å². The first kappa shape index (κ1) is 23.3. The predicted octanol–water partition coefficient (Wildman–Crippen LogP) is 4.66. The number of ether oxygens (including phenoxy) is 2. The van der Waals surface area contributed by atoms with Crippen LogP contribution >= 0.6 is 0 Å². The van der Waals surface area contributed by atoms with E-state index in [9.17, 15) is 18.0 Å². The number of halogens is 3. The maximum atomic E-state index is 13.1. The van der Waals surface area contributed by atoms with Gasteiger partial charge in [-0.05, 0) is 37.3 Å². The minimum absolute atomic E-state index is 0.0662. The van der Waals surface area contributed by atoms with Gasteiger partial charge in [0.1, 0.15) is 12.4 Å². The summed E-state index contributed by atoms with van der Waals surface area (Å²) in [5.74, 6) is 0.169. The average molecular weight is 449 g/mol. The fourth-order valence-electron chi connectivity index (χ4n) is 2.77. The molecule has 7 nitrogen and oxygen atoms in total. The summed E-state index contributed by atoms with van der Waals surface area (Å²) < 4.78 is 55.1. The van der Waals surface area contributed by atoms with E-state index in [1.54, 1.807) is 0 Å². The van der Waals surface area contributed by atoms with Crippen LogP contribution < -0.4 is 10.1 Å². The minimum Gasteiger partial charge on any atom is -0.489 e. The van der Waals surface area contributed by atoms with Crippen molar-refractivity contribution in [2.45, 2.75) is 25.9 Å². The number of benzene rings is 2. The molecule has 32 heavy (non-hydrogen) atoms. The molecule has 0 bridgehead atoms. The molecule has 1 amide bonds. The predicted molar refractivity (Wildman–Crippen MR) is 110 cm³/mol. The average Bonchev–Trinajstić information content (AvgIpc) is 3.22. The van der Waals surface area contributed by atoms with Gasteiger partial charge in [-0.25, -0.2) is 0 Å². The zero-order valence-electron chi connectivity index (χ0n) is 17.5. The lowest BCUT2D eigenvalue weighted by molar-refractivity contribution is -0.137. The third kappa shape index (κ3) is 6.30. The van der Waals surface area contributed by atoms with E-state index in [4.69, 9.17) is 13.9 Å². The summed E-state index contributed by atoms with van der Waals surface area (Å²) in [5, 5.41) is 10.4. The number of anilines is 1. The molecule has 3 rings (SSSR count). The Labute approximate surface area is 182 Å². The quantitative estimate of drug-likeness (QED) is 0.478. The molecule has 0 fully saturated rings. The number of aryl methyl sites for hydroxylation is 2. The van der Waals surface area contributed by atoms with E-state index in [2.05, 4.69) is 15.5 Å². The van der Waals surface area contributed by atoms with Crippen LogP contribution in [0.1, 0.15) is 23.4 Å². The van der Waals surface area contributed by atoms with Gasteiger partial charge in [-0.2, -0.15) is 13.2 Å². The molecule has 10 heteroatoms. The highest BCUT2D eigenvalue weighted by atomic mass is 19.4. The molecular formula is C22H22F3N3O4. The molecule has 1 aromatic heterocycles. The van der Waals surface area contributed by atoms with E-state index in [0.29, 0.717) is 5.89 Å². The van der Waals surface area contributed by atoms with Gasteiger partial charge in [-0.3, -0.25) is 4.79 Å². The number of nitrogens with one attached hydrogen (secondary N) is 1. The number of rotatable bonds is 9. The second-order valence-corrected chi connectivity index (χ2v) is 6.97. The third-order valence-corrected chi connectivity index (χ3v) is 4.46. The number of nitrogens with zero attached hydrogens (tertiary/aromatic N) is 2. The zero-order chi connectivity index (χ0) is 23.1. The zero-order valence-corrected chi connectivity index (χ0v) is 17.5. The first-order valence-corrected chi connectivity index (χ1v) is 9.78. The van der Waals surface area contributed by atoms with Crippen LogP contribution in [-0.2, 0) is 22.1 Å². The Balaban J connectivity index is 1.65. The van der Waals surface area contributed by atoms with Crippen molar-refractivity contribution >= 4 is 11.6 Å². The van der Waals surface area contributed by atoms with Gasteiger partial charge in [0.05, 0.1) is 17.9 Å². The van der Waals surface area contributed by atoms with E-state index in [0.717, 1.165) is 23.3 Å². The third-order valence-electron chi connectivity index (χ3n) is 4.46. The van der Waals surface area contributed by atoms with Gasteiger partial charge in [-0.15, -0.1) is 10.2 Å². The van der Waals surface area contributed by atoms with E-state index >= 15 is 0 Å². The summed E-state index contributed by atoms with van der Waals surface area (Å²) >= 11 is 0. The van der Waals surface area contributed by atoms with Crippen LogP contribution in [0.3, 0.4) is 0 Å². The monoisotopic (exact) mass is 449 g/mol. The number of aromatic nitrogens is 2. The van der Waals surface area contributed by atoms with Crippen molar-refractivity contribution in [3.63, 3.8) is 0 Å². The molecule has 0 spiro atoms. The maximum absolute atomic E-state index is 13.1. The lowest BCUT2D eigenvalue weighted by Gasteiger charge is -2.15. The number of hydrogen-bond acceptors (Lipinski definition) is 6. The first-order chi connectivity index (χ1) is 15.3. The highest BCUT2D eigenvalue weighted by Gasteiger charge is 2.31. The molecule has 0 aliphatic heterocycles. The lowest BCUT2D eigenvalue weighted by atomic mass is 10.1. The largest absolute Gasteiger partial charge is 0.489 e. The fraction of sp³-hybridized carbons (Fsp3) is 0.318. The Hall–Kier alpha value is -3.40. The van der Waals surface area contributed by atoms with Crippen molar-refractivity contribution < 1.29 is 31.9 Å². The normalized spacial score (nSPS) is 11.4. The SMILES string of the molecule is COCCOc1ccc(C(F)(F)F)cc1NC(=O)CCc1nnc(-c2ccc(C)cc2)o1. The number of methoxy groups -OCH3 is 1. The van der Waals surface area contributed by atoms with Crippen LogP contribution in [0.2, 0.25) is 0 Å². The molecule has 0 saturated heterocycles. The van der Waals surface area contributed by atoms with E-state index < -0.39 is 17.6 Å². The highest BCUT2D eigenvalue weighted by molar-refractivity contribution is 5.92. The molecule has 1 N–H and O–H groups in total. The van der Waals surface area contributed by atoms with Gasteiger partial charge in [-0.1, -0.05) is 17.7 Å².